The third-order valence-corrected chi connectivity index (χ3v) is 3.54. The van der Waals surface area contributed by atoms with Crippen LogP contribution in [-0.2, 0) is 6.42 Å². The molecule has 0 aromatic heterocycles. The van der Waals surface area contributed by atoms with E-state index in [9.17, 15) is 5.11 Å². The highest BCUT2D eigenvalue weighted by molar-refractivity contribution is 5.38. The summed E-state index contributed by atoms with van der Waals surface area (Å²) in [5.41, 5.74) is 3.66. The molecule has 2 rings (SSSR count). The Kier molecular flexibility index (Phi) is 7.38. The lowest BCUT2D eigenvalue weighted by atomic mass is 10.1. The third-order valence-electron chi connectivity index (χ3n) is 3.54. The van der Waals surface area contributed by atoms with E-state index in [0.717, 1.165) is 18.4 Å². The van der Waals surface area contributed by atoms with Gasteiger partial charge in [-0.15, -0.1) is 0 Å². The Hall–Kier alpha value is -1.96. The molecular weight excluding hydrogens is 260 g/mol. The van der Waals surface area contributed by atoms with Crippen molar-refractivity contribution in [2.45, 2.75) is 46.5 Å². The molecule has 0 heterocycles. The summed E-state index contributed by atoms with van der Waals surface area (Å²) < 4.78 is 0. The summed E-state index contributed by atoms with van der Waals surface area (Å²) in [4.78, 5) is 0. The van der Waals surface area contributed by atoms with Crippen molar-refractivity contribution in [3.05, 3.63) is 59.2 Å². The predicted octanol–water partition coefficient (Wildman–Crippen LogP) is 5.13. The van der Waals surface area contributed by atoms with Crippen LogP contribution in [-0.4, -0.2) is 10.2 Å². The maximum absolute atomic E-state index is 9.43. The van der Waals surface area contributed by atoms with Crippen LogP contribution in [0.15, 0.2) is 42.5 Å². The van der Waals surface area contributed by atoms with Gasteiger partial charge in [-0.2, -0.15) is 0 Å². The summed E-state index contributed by atoms with van der Waals surface area (Å²) in [5, 5.41) is 18.5. The molecule has 0 aliphatic heterocycles. The first-order valence-corrected chi connectivity index (χ1v) is 7.57. The molecule has 0 amide bonds. The second-order valence-corrected chi connectivity index (χ2v) is 5.35. The molecule has 0 unspecified atom stereocenters. The molecule has 114 valence electrons. The Bertz CT molecular complexity index is 526. The molecule has 0 aliphatic carbocycles. The van der Waals surface area contributed by atoms with E-state index in [-0.39, 0.29) is 11.5 Å². The Labute approximate surface area is 128 Å². The molecule has 0 spiro atoms. The number of unbranched alkanes of at least 4 members (excludes halogenated alkanes) is 2. The number of hydrogen-bond acceptors (Lipinski definition) is 2. The second-order valence-electron chi connectivity index (χ2n) is 5.35. The minimum absolute atomic E-state index is 0.122. The number of aryl methyl sites for hydroxylation is 3. The van der Waals surface area contributed by atoms with Gasteiger partial charge >= 0.3 is 0 Å². The van der Waals surface area contributed by atoms with Gasteiger partial charge in [0.15, 0.2) is 0 Å². The molecule has 0 saturated carbocycles. The van der Waals surface area contributed by atoms with Crippen LogP contribution in [0.5, 0.6) is 11.5 Å². The topological polar surface area (TPSA) is 40.5 Å². The molecule has 2 aromatic rings. The summed E-state index contributed by atoms with van der Waals surface area (Å²) in [6.07, 6.45) is 4.34. The Balaban J connectivity index is 0.000000235. The van der Waals surface area contributed by atoms with Crippen molar-refractivity contribution in [3.63, 3.8) is 0 Å². The van der Waals surface area contributed by atoms with Crippen LogP contribution < -0.4 is 0 Å². The highest BCUT2D eigenvalue weighted by atomic mass is 16.3. The average Bonchev–Trinajstić information content (AvgIpc) is 2.45. The van der Waals surface area contributed by atoms with E-state index in [1.807, 2.05) is 0 Å². The van der Waals surface area contributed by atoms with Crippen LogP contribution in [0.2, 0.25) is 0 Å². The van der Waals surface area contributed by atoms with Crippen molar-refractivity contribution in [1.82, 2.24) is 0 Å². The van der Waals surface area contributed by atoms with Crippen molar-refractivity contribution in [2.75, 3.05) is 0 Å². The molecule has 0 aliphatic rings. The number of phenolic OH excluding ortho intramolecular Hbond substituents is 2. The minimum Gasteiger partial charge on any atom is -0.508 e. The summed E-state index contributed by atoms with van der Waals surface area (Å²) in [6.45, 7) is 6.39. The minimum atomic E-state index is 0.122. The fourth-order valence-electron chi connectivity index (χ4n) is 1.99. The Morgan fingerprint density at radius 3 is 1.95 bits per heavy atom. The molecule has 2 nitrogen and oxygen atoms in total. The Morgan fingerprint density at radius 2 is 1.48 bits per heavy atom. The van der Waals surface area contributed by atoms with E-state index in [4.69, 9.17) is 5.11 Å². The molecule has 0 atom stereocenters. The molecular formula is C19H26O2. The van der Waals surface area contributed by atoms with Gasteiger partial charge in [-0.3, -0.25) is 0 Å². The average molecular weight is 286 g/mol. The lowest BCUT2D eigenvalue weighted by Gasteiger charge is -2.03. The zero-order chi connectivity index (χ0) is 15.7. The van der Waals surface area contributed by atoms with Crippen LogP contribution >= 0.6 is 0 Å². The van der Waals surface area contributed by atoms with Gasteiger partial charge < -0.3 is 10.2 Å². The first-order valence-electron chi connectivity index (χ1n) is 7.57. The van der Waals surface area contributed by atoms with E-state index >= 15 is 0 Å². The largest absolute Gasteiger partial charge is 0.508 e. The quantitative estimate of drug-likeness (QED) is 0.764. The van der Waals surface area contributed by atoms with Gasteiger partial charge in [0.2, 0.25) is 0 Å². The summed E-state index contributed by atoms with van der Waals surface area (Å²) in [7, 11) is 0. The van der Waals surface area contributed by atoms with E-state index in [2.05, 4.69) is 45.0 Å². The van der Waals surface area contributed by atoms with E-state index in [0.29, 0.717) is 0 Å². The van der Waals surface area contributed by atoms with Crippen molar-refractivity contribution in [1.29, 1.82) is 0 Å². The maximum Gasteiger partial charge on any atom is 0.122 e. The molecule has 0 saturated heterocycles. The predicted molar refractivity (Wildman–Crippen MR) is 88.9 cm³/mol. The summed E-state index contributed by atoms with van der Waals surface area (Å²) >= 11 is 0. The zero-order valence-corrected chi connectivity index (χ0v) is 13.3. The van der Waals surface area contributed by atoms with Crippen molar-refractivity contribution in [3.8, 4) is 11.5 Å². The summed E-state index contributed by atoms with van der Waals surface area (Å²) in [5.74, 6) is 0.327. The molecule has 0 bridgehead atoms. The fourth-order valence-corrected chi connectivity index (χ4v) is 1.99. The second kappa shape index (κ2) is 9.06. The van der Waals surface area contributed by atoms with Crippen molar-refractivity contribution in [2.24, 2.45) is 0 Å². The number of rotatable bonds is 4. The van der Waals surface area contributed by atoms with E-state index in [1.165, 1.54) is 30.0 Å². The van der Waals surface area contributed by atoms with Gasteiger partial charge in [-0.1, -0.05) is 50.1 Å². The molecule has 2 heteroatoms. The molecule has 0 radical (unpaired) electrons. The number of aromatic hydroxyl groups is 2. The lowest BCUT2D eigenvalue weighted by Crippen LogP contribution is -1.85. The zero-order valence-electron chi connectivity index (χ0n) is 13.3. The van der Waals surface area contributed by atoms with Gasteiger partial charge in [-0.25, -0.2) is 0 Å². The maximum atomic E-state index is 9.43. The molecule has 2 aromatic carbocycles. The smallest absolute Gasteiger partial charge is 0.122 e. The third kappa shape index (κ3) is 6.35. The molecule has 2 N–H and O–H groups in total. The first-order chi connectivity index (χ1) is 10.0. The summed E-state index contributed by atoms with van der Waals surface area (Å²) in [6, 6.07) is 13.1. The number of benzene rings is 2. The highest BCUT2D eigenvalue weighted by Crippen LogP contribution is 2.23. The van der Waals surface area contributed by atoms with E-state index in [1.54, 1.807) is 12.1 Å². The molecule has 21 heavy (non-hydrogen) atoms. The van der Waals surface area contributed by atoms with Crippen LogP contribution in [0.4, 0.5) is 0 Å². The molecule has 0 fully saturated rings. The normalized spacial score (nSPS) is 9.86. The van der Waals surface area contributed by atoms with Crippen LogP contribution in [0.25, 0.3) is 0 Å². The van der Waals surface area contributed by atoms with Crippen LogP contribution in [0.3, 0.4) is 0 Å². The van der Waals surface area contributed by atoms with Crippen molar-refractivity contribution < 1.29 is 10.2 Å². The Morgan fingerprint density at radius 1 is 0.857 bits per heavy atom. The standard InChI is InChI=1S/C11H16O2.C8H10/c1-2-3-4-5-9-6-7-10(12)8-11(9)13;1-7-5-3-4-6-8(7)2/h6-8,12-13H,2-5H2,1H3;3-6H,1-2H3. The van der Waals surface area contributed by atoms with Crippen LogP contribution in [0.1, 0.15) is 42.9 Å². The van der Waals surface area contributed by atoms with Crippen LogP contribution in [0, 0.1) is 13.8 Å². The fraction of sp³-hybridized carbons (Fsp3) is 0.368. The van der Waals surface area contributed by atoms with Crippen molar-refractivity contribution >= 4 is 0 Å². The van der Waals surface area contributed by atoms with Gasteiger partial charge in [0, 0.05) is 6.07 Å². The number of phenols is 2. The van der Waals surface area contributed by atoms with Gasteiger partial charge in [0.1, 0.15) is 11.5 Å². The van der Waals surface area contributed by atoms with Gasteiger partial charge in [0.05, 0.1) is 0 Å². The first kappa shape index (κ1) is 17.1. The van der Waals surface area contributed by atoms with E-state index < -0.39 is 0 Å². The SMILES string of the molecule is CCCCCc1ccc(O)cc1O.Cc1ccccc1C. The number of hydrogen-bond donors (Lipinski definition) is 2. The van der Waals surface area contributed by atoms with Gasteiger partial charge in [-0.05, 0) is 49.4 Å². The highest BCUT2D eigenvalue weighted by Gasteiger charge is 2.01. The lowest BCUT2D eigenvalue weighted by molar-refractivity contribution is 0.445. The monoisotopic (exact) mass is 286 g/mol. The van der Waals surface area contributed by atoms with Gasteiger partial charge in [0.25, 0.3) is 0 Å².